The van der Waals surface area contributed by atoms with E-state index >= 15 is 0 Å². The van der Waals surface area contributed by atoms with Gasteiger partial charge in [0.25, 0.3) is 0 Å². The summed E-state index contributed by atoms with van der Waals surface area (Å²) in [6.07, 6.45) is 1.25. The van der Waals surface area contributed by atoms with Crippen LogP contribution in [0.1, 0.15) is 0 Å². The van der Waals surface area contributed by atoms with Gasteiger partial charge in [-0.05, 0) is 0 Å². The van der Waals surface area contributed by atoms with Gasteiger partial charge in [-0.1, -0.05) is 6.08 Å². The van der Waals surface area contributed by atoms with Crippen LogP contribution in [0, 0.1) is 10.7 Å². The number of nitriles is 1. The van der Waals surface area contributed by atoms with Crippen molar-refractivity contribution < 1.29 is 8.42 Å². The van der Waals surface area contributed by atoms with Crippen molar-refractivity contribution in [1.82, 2.24) is 0 Å². The first kappa shape index (κ1) is 8.53. The number of hydrogen-bond acceptors (Lipinski definition) is 4. The van der Waals surface area contributed by atoms with Gasteiger partial charge in [0, 0.05) is 0 Å². The van der Waals surface area contributed by atoms with Crippen LogP contribution in [-0.4, -0.2) is 14.2 Å². The zero-order valence-electron chi connectivity index (χ0n) is 4.57. The van der Waals surface area contributed by atoms with E-state index in [0.29, 0.717) is 0 Å². The molecule has 0 amide bonds. The lowest BCUT2D eigenvalue weighted by atomic mass is 10.8. The molecule has 0 aromatic carbocycles. The minimum atomic E-state index is -3.24. The molecule has 0 aromatic rings. The van der Waals surface area contributed by atoms with Crippen molar-refractivity contribution in [3.8, 4) is 5.40 Å². The van der Waals surface area contributed by atoms with Crippen LogP contribution in [0.2, 0.25) is 0 Å². The second-order valence-electron chi connectivity index (χ2n) is 1.19. The molecule has 0 spiro atoms. The van der Waals surface area contributed by atoms with E-state index in [9.17, 15) is 8.42 Å². The SMILES string of the molecule is C=CCS(=O)(=O)SC#N. The molecule has 0 aliphatic carbocycles. The standard InChI is InChI=1S/C4H5NO2S2/c1-2-3-9(6,7)8-4-5/h2H,1,3H2. The Morgan fingerprint density at radius 1 is 1.78 bits per heavy atom. The van der Waals surface area contributed by atoms with Crippen LogP contribution < -0.4 is 0 Å². The summed E-state index contributed by atoms with van der Waals surface area (Å²) in [5.74, 6) is -0.148. The molecule has 0 rings (SSSR count). The largest absolute Gasteiger partial charge is 0.218 e. The Hall–Kier alpha value is -0.470. The zero-order chi connectivity index (χ0) is 7.33. The van der Waals surface area contributed by atoms with Gasteiger partial charge in [-0.3, -0.25) is 0 Å². The maximum absolute atomic E-state index is 10.5. The van der Waals surface area contributed by atoms with Crippen LogP contribution in [0.25, 0.3) is 0 Å². The first-order valence-corrected chi connectivity index (χ1v) is 5.02. The van der Waals surface area contributed by atoms with Crippen LogP contribution in [0.15, 0.2) is 12.7 Å². The molecule has 0 N–H and O–H groups in total. The maximum atomic E-state index is 10.5. The minimum Gasteiger partial charge on any atom is -0.216 e. The van der Waals surface area contributed by atoms with Crippen molar-refractivity contribution in [2.45, 2.75) is 0 Å². The molecule has 50 valence electrons. The highest BCUT2D eigenvalue weighted by molar-refractivity contribution is 8.73. The normalized spacial score (nSPS) is 10.1. The van der Waals surface area contributed by atoms with E-state index in [0.717, 1.165) is 0 Å². The summed E-state index contributed by atoms with van der Waals surface area (Å²) in [5, 5.41) is 9.40. The quantitative estimate of drug-likeness (QED) is 0.349. The van der Waals surface area contributed by atoms with Crippen LogP contribution in [0.4, 0.5) is 0 Å². The molecule has 0 bridgehead atoms. The topological polar surface area (TPSA) is 57.9 Å². The molecule has 0 aliphatic rings. The molecule has 0 radical (unpaired) electrons. The molecule has 0 aromatic heterocycles. The predicted octanol–water partition coefficient (Wildman–Crippen LogP) is 0.716. The highest BCUT2D eigenvalue weighted by Crippen LogP contribution is 2.09. The van der Waals surface area contributed by atoms with Gasteiger partial charge in [-0.25, -0.2) is 8.42 Å². The van der Waals surface area contributed by atoms with Crippen LogP contribution in [-0.2, 0) is 8.87 Å². The first-order valence-electron chi connectivity index (χ1n) is 2.03. The molecule has 5 heteroatoms. The highest BCUT2D eigenvalue weighted by atomic mass is 33.1. The van der Waals surface area contributed by atoms with Gasteiger partial charge in [0.1, 0.15) is 5.40 Å². The average molecular weight is 163 g/mol. The Balaban J connectivity index is 4.08. The molecule has 9 heavy (non-hydrogen) atoms. The zero-order valence-corrected chi connectivity index (χ0v) is 6.20. The van der Waals surface area contributed by atoms with Crippen molar-refractivity contribution >= 4 is 19.7 Å². The lowest BCUT2D eigenvalue weighted by molar-refractivity contribution is 0.613. The van der Waals surface area contributed by atoms with Crippen LogP contribution in [0.5, 0.6) is 0 Å². The summed E-state index contributed by atoms with van der Waals surface area (Å²) in [6.45, 7) is 3.23. The Kier molecular flexibility index (Phi) is 3.35. The fourth-order valence-electron chi connectivity index (χ4n) is 0.235. The van der Waals surface area contributed by atoms with Gasteiger partial charge in [0.2, 0.25) is 8.87 Å². The second-order valence-corrected chi connectivity index (χ2v) is 5.01. The van der Waals surface area contributed by atoms with Crippen molar-refractivity contribution in [3.05, 3.63) is 12.7 Å². The Morgan fingerprint density at radius 3 is 2.67 bits per heavy atom. The summed E-state index contributed by atoms with van der Waals surface area (Å²) in [7, 11) is -2.98. The lowest BCUT2D eigenvalue weighted by Gasteiger charge is -1.87. The predicted molar refractivity (Wildman–Crippen MR) is 37.2 cm³/mol. The van der Waals surface area contributed by atoms with E-state index in [1.807, 2.05) is 0 Å². The Bertz CT molecular complexity index is 223. The van der Waals surface area contributed by atoms with Gasteiger partial charge in [0.05, 0.1) is 16.5 Å². The third-order valence-corrected chi connectivity index (χ3v) is 2.85. The van der Waals surface area contributed by atoms with E-state index in [4.69, 9.17) is 5.26 Å². The Morgan fingerprint density at radius 2 is 2.33 bits per heavy atom. The van der Waals surface area contributed by atoms with E-state index in [1.165, 1.54) is 11.5 Å². The van der Waals surface area contributed by atoms with E-state index in [-0.39, 0.29) is 16.5 Å². The number of thiocyanates is 1. The first-order chi connectivity index (χ1) is 4.12. The van der Waals surface area contributed by atoms with E-state index in [1.54, 1.807) is 0 Å². The number of nitrogens with zero attached hydrogens (tertiary/aromatic N) is 1. The van der Waals surface area contributed by atoms with Gasteiger partial charge >= 0.3 is 0 Å². The fraction of sp³-hybridized carbons (Fsp3) is 0.250. The van der Waals surface area contributed by atoms with Gasteiger partial charge in [0.15, 0.2) is 0 Å². The summed E-state index contributed by atoms with van der Waals surface area (Å²) < 4.78 is 21.0. The minimum absolute atomic E-state index is 0.148. The summed E-state index contributed by atoms with van der Waals surface area (Å²) in [5.41, 5.74) is 0. The van der Waals surface area contributed by atoms with Gasteiger partial charge in [-0.2, -0.15) is 5.26 Å². The van der Waals surface area contributed by atoms with Crippen LogP contribution in [0.3, 0.4) is 0 Å². The maximum Gasteiger partial charge on any atom is 0.218 e. The number of hydrogen-bond donors (Lipinski definition) is 0. The molecule has 0 unspecified atom stereocenters. The van der Waals surface area contributed by atoms with E-state index in [2.05, 4.69) is 6.58 Å². The molecule has 0 atom stereocenters. The molecular formula is C4H5NO2S2. The molecule has 0 heterocycles. The smallest absolute Gasteiger partial charge is 0.216 e. The summed E-state index contributed by atoms with van der Waals surface area (Å²) >= 11 is 0. The molecule has 0 saturated heterocycles. The second kappa shape index (κ2) is 3.54. The monoisotopic (exact) mass is 163 g/mol. The Labute approximate surface area is 57.7 Å². The molecule has 0 saturated carbocycles. The molecule has 0 fully saturated rings. The summed E-state index contributed by atoms with van der Waals surface area (Å²) in [4.78, 5) is 0. The molecule has 3 nitrogen and oxygen atoms in total. The van der Waals surface area contributed by atoms with E-state index < -0.39 is 8.87 Å². The molecule has 0 aliphatic heterocycles. The number of rotatable bonds is 3. The average Bonchev–Trinajstić information content (AvgIpc) is 1.64. The van der Waals surface area contributed by atoms with Crippen molar-refractivity contribution in [3.63, 3.8) is 0 Å². The highest BCUT2D eigenvalue weighted by Gasteiger charge is 2.06. The van der Waals surface area contributed by atoms with Gasteiger partial charge in [-0.15, -0.1) is 6.58 Å². The van der Waals surface area contributed by atoms with Crippen LogP contribution >= 0.6 is 10.8 Å². The third-order valence-electron chi connectivity index (χ3n) is 0.486. The van der Waals surface area contributed by atoms with Crippen molar-refractivity contribution in [2.75, 3.05) is 5.75 Å². The summed E-state index contributed by atoms with van der Waals surface area (Å²) in [6, 6.07) is 0. The molecular weight excluding hydrogens is 158 g/mol. The van der Waals surface area contributed by atoms with Gasteiger partial charge < -0.3 is 0 Å². The van der Waals surface area contributed by atoms with Crippen molar-refractivity contribution in [2.24, 2.45) is 0 Å². The lowest BCUT2D eigenvalue weighted by Crippen LogP contribution is -1.94. The third kappa shape index (κ3) is 4.06. The fourth-order valence-corrected chi connectivity index (χ4v) is 1.54. The van der Waals surface area contributed by atoms with Crippen molar-refractivity contribution in [1.29, 1.82) is 5.26 Å².